The molecular formula is C23H18ClF2NO5. The Kier molecular flexibility index (Phi) is 7.62. The molecule has 9 heteroatoms. The van der Waals surface area contributed by atoms with E-state index in [-0.39, 0.29) is 12.4 Å². The van der Waals surface area contributed by atoms with Crippen molar-refractivity contribution >= 4 is 23.6 Å². The average Bonchev–Trinajstić information content (AvgIpc) is 2.75. The molecule has 3 aromatic rings. The Hall–Kier alpha value is -3.65. The standard InChI is InChI=1S/C23H18ClF2NO5/c1-14-10-16(4-9-21(28)29)11-19(24)22(14)32-20-8-7-18(12-27-20)30-13-15-2-5-17(6-3-15)31-23(25)26/h2-12,23H,13H2,1H3,(H,28,29)/b9-4+. The van der Waals surface area contributed by atoms with Crippen LogP contribution in [0.25, 0.3) is 6.08 Å². The highest BCUT2D eigenvalue weighted by molar-refractivity contribution is 6.32. The molecule has 3 rings (SSSR count). The Bertz CT molecular complexity index is 1080. The van der Waals surface area contributed by atoms with Gasteiger partial charge in [-0.25, -0.2) is 9.78 Å². The minimum Gasteiger partial charge on any atom is -0.487 e. The molecule has 32 heavy (non-hydrogen) atoms. The number of ether oxygens (including phenoxy) is 3. The van der Waals surface area contributed by atoms with Crippen LogP contribution in [0, 0.1) is 6.92 Å². The average molecular weight is 462 g/mol. The minimum absolute atomic E-state index is 0.0758. The Balaban J connectivity index is 1.60. The second-order valence-electron chi connectivity index (χ2n) is 6.57. The van der Waals surface area contributed by atoms with Gasteiger partial charge in [0.1, 0.15) is 18.1 Å². The zero-order valence-corrected chi connectivity index (χ0v) is 17.6. The normalized spacial score (nSPS) is 11.0. The maximum Gasteiger partial charge on any atom is 0.387 e. The van der Waals surface area contributed by atoms with Crippen molar-refractivity contribution in [3.63, 3.8) is 0 Å². The maximum atomic E-state index is 12.2. The summed E-state index contributed by atoms with van der Waals surface area (Å²) in [4.78, 5) is 14.9. The van der Waals surface area contributed by atoms with E-state index < -0.39 is 12.6 Å². The van der Waals surface area contributed by atoms with E-state index >= 15 is 0 Å². The fourth-order valence-corrected chi connectivity index (χ4v) is 3.01. The number of alkyl halides is 2. The molecule has 0 fully saturated rings. The van der Waals surface area contributed by atoms with Crippen molar-refractivity contribution < 1.29 is 32.9 Å². The van der Waals surface area contributed by atoms with Crippen LogP contribution in [0.3, 0.4) is 0 Å². The smallest absolute Gasteiger partial charge is 0.387 e. The number of carboxylic acids is 1. The monoisotopic (exact) mass is 461 g/mol. The van der Waals surface area contributed by atoms with Crippen molar-refractivity contribution in [1.29, 1.82) is 0 Å². The van der Waals surface area contributed by atoms with Gasteiger partial charge in [-0.1, -0.05) is 23.7 Å². The van der Waals surface area contributed by atoms with Gasteiger partial charge in [0.15, 0.2) is 5.75 Å². The predicted octanol–water partition coefficient (Wildman–Crippen LogP) is 6.11. The number of aromatic nitrogens is 1. The molecule has 166 valence electrons. The molecule has 0 aliphatic heterocycles. The molecule has 2 aromatic carbocycles. The lowest BCUT2D eigenvalue weighted by Crippen LogP contribution is -2.02. The number of carboxylic acid groups (broad SMARTS) is 1. The van der Waals surface area contributed by atoms with Crippen molar-refractivity contribution in [3.8, 4) is 23.1 Å². The van der Waals surface area contributed by atoms with E-state index in [9.17, 15) is 13.6 Å². The lowest BCUT2D eigenvalue weighted by atomic mass is 10.1. The van der Waals surface area contributed by atoms with Crippen LogP contribution >= 0.6 is 11.6 Å². The summed E-state index contributed by atoms with van der Waals surface area (Å²) in [6, 6.07) is 12.8. The van der Waals surface area contributed by atoms with Gasteiger partial charge in [0.2, 0.25) is 5.88 Å². The number of pyridine rings is 1. The van der Waals surface area contributed by atoms with E-state index in [1.54, 1.807) is 43.3 Å². The molecule has 0 aliphatic rings. The Labute approximate surface area is 187 Å². The number of hydrogen-bond donors (Lipinski definition) is 1. The van der Waals surface area contributed by atoms with E-state index in [4.69, 9.17) is 26.2 Å². The Morgan fingerprint density at radius 1 is 1.16 bits per heavy atom. The SMILES string of the molecule is Cc1cc(/C=C/C(=O)O)cc(Cl)c1Oc1ccc(OCc2ccc(OC(F)F)cc2)cn1. The van der Waals surface area contributed by atoms with Gasteiger partial charge in [0.25, 0.3) is 0 Å². The number of hydrogen-bond acceptors (Lipinski definition) is 5. The number of nitrogens with zero attached hydrogens (tertiary/aromatic N) is 1. The van der Waals surface area contributed by atoms with Crippen molar-refractivity contribution in [2.45, 2.75) is 20.1 Å². The third kappa shape index (κ3) is 6.68. The highest BCUT2D eigenvalue weighted by atomic mass is 35.5. The molecule has 0 amide bonds. The second kappa shape index (κ2) is 10.6. The molecule has 0 unspecified atom stereocenters. The lowest BCUT2D eigenvalue weighted by Gasteiger charge is -2.12. The van der Waals surface area contributed by atoms with E-state index in [0.29, 0.717) is 33.5 Å². The summed E-state index contributed by atoms with van der Waals surface area (Å²) >= 11 is 6.28. The van der Waals surface area contributed by atoms with E-state index in [2.05, 4.69) is 9.72 Å². The van der Waals surface area contributed by atoms with Crippen LogP contribution in [0.2, 0.25) is 5.02 Å². The first kappa shape index (κ1) is 23.0. The summed E-state index contributed by atoms with van der Waals surface area (Å²) < 4.78 is 40.1. The molecule has 0 radical (unpaired) electrons. The first-order chi connectivity index (χ1) is 15.3. The summed E-state index contributed by atoms with van der Waals surface area (Å²) in [5.74, 6) is 0.216. The van der Waals surface area contributed by atoms with Crippen LogP contribution in [0.15, 0.2) is 60.8 Å². The topological polar surface area (TPSA) is 77.9 Å². The van der Waals surface area contributed by atoms with Gasteiger partial charge in [-0.2, -0.15) is 8.78 Å². The van der Waals surface area contributed by atoms with Crippen molar-refractivity contribution in [1.82, 2.24) is 4.98 Å². The van der Waals surface area contributed by atoms with Gasteiger partial charge in [-0.05, 0) is 60.0 Å². The van der Waals surface area contributed by atoms with Crippen molar-refractivity contribution in [3.05, 3.63) is 82.5 Å². The van der Waals surface area contributed by atoms with Crippen LogP contribution in [-0.2, 0) is 11.4 Å². The van der Waals surface area contributed by atoms with Crippen LogP contribution in [0.5, 0.6) is 23.1 Å². The van der Waals surface area contributed by atoms with Gasteiger partial charge in [0.05, 0.1) is 11.2 Å². The van der Waals surface area contributed by atoms with E-state index in [1.165, 1.54) is 24.4 Å². The summed E-state index contributed by atoms with van der Waals surface area (Å²) in [6.45, 7) is -0.865. The summed E-state index contributed by atoms with van der Waals surface area (Å²) in [7, 11) is 0. The van der Waals surface area contributed by atoms with Gasteiger partial charge >= 0.3 is 12.6 Å². The van der Waals surface area contributed by atoms with E-state index in [1.807, 2.05) is 0 Å². The number of halogens is 3. The Morgan fingerprint density at radius 2 is 1.88 bits per heavy atom. The third-order valence-electron chi connectivity index (χ3n) is 4.14. The van der Waals surface area contributed by atoms with Crippen LogP contribution < -0.4 is 14.2 Å². The molecule has 1 aromatic heterocycles. The zero-order valence-electron chi connectivity index (χ0n) is 16.8. The quantitative estimate of drug-likeness (QED) is 0.387. The zero-order chi connectivity index (χ0) is 23.1. The minimum atomic E-state index is -2.87. The van der Waals surface area contributed by atoms with Crippen LogP contribution in [0.1, 0.15) is 16.7 Å². The highest BCUT2D eigenvalue weighted by Gasteiger charge is 2.10. The summed E-state index contributed by atoms with van der Waals surface area (Å²) in [6.07, 6.45) is 3.95. The first-order valence-electron chi connectivity index (χ1n) is 9.32. The molecule has 6 nitrogen and oxygen atoms in total. The molecule has 0 aliphatic carbocycles. The highest BCUT2D eigenvalue weighted by Crippen LogP contribution is 2.34. The summed E-state index contributed by atoms with van der Waals surface area (Å²) in [5, 5.41) is 9.05. The Morgan fingerprint density at radius 3 is 2.47 bits per heavy atom. The number of aliphatic carboxylic acids is 1. The van der Waals surface area contributed by atoms with Crippen molar-refractivity contribution in [2.24, 2.45) is 0 Å². The molecule has 1 heterocycles. The predicted molar refractivity (Wildman–Crippen MR) is 115 cm³/mol. The van der Waals surface area contributed by atoms with Crippen LogP contribution in [0.4, 0.5) is 8.78 Å². The molecule has 0 spiro atoms. The molecule has 0 saturated carbocycles. The van der Waals surface area contributed by atoms with Gasteiger partial charge < -0.3 is 19.3 Å². The third-order valence-corrected chi connectivity index (χ3v) is 4.42. The first-order valence-corrected chi connectivity index (χ1v) is 9.69. The summed E-state index contributed by atoms with van der Waals surface area (Å²) in [5.41, 5.74) is 2.11. The number of benzene rings is 2. The van der Waals surface area contributed by atoms with Gasteiger partial charge in [-0.3, -0.25) is 0 Å². The van der Waals surface area contributed by atoms with E-state index in [0.717, 1.165) is 11.6 Å². The molecule has 0 bridgehead atoms. The second-order valence-corrected chi connectivity index (χ2v) is 6.97. The van der Waals surface area contributed by atoms with Crippen LogP contribution in [-0.4, -0.2) is 22.7 Å². The van der Waals surface area contributed by atoms with Gasteiger partial charge in [0, 0.05) is 12.1 Å². The largest absolute Gasteiger partial charge is 0.487 e. The molecule has 0 saturated heterocycles. The number of aryl methyl sites for hydroxylation is 1. The maximum absolute atomic E-state index is 12.2. The lowest BCUT2D eigenvalue weighted by molar-refractivity contribution is -0.131. The molecular weight excluding hydrogens is 444 g/mol. The fourth-order valence-electron chi connectivity index (χ4n) is 2.70. The number of rotatable bonds is 9. The van der Waals surface area contributed by atoms with Gasteiger partial charge in [-0.15, -0.1) is 0 Å². The molecule has 1 N–H and O–H groups in total. The fraction of sp³-hybridized carbons (Fsp3) is 0.130. The van der Waals surface area contributed by atoms with Crippen molar-refractivity contribution in [2.75, 3.05) is 0 Å². The molecule has 0 atom stereocenters. The number of carbonyl (C=O) groups is 1.